The van der Waals surface area contributed by atoms with Crippen LogP contribution in [0.25, 0.3) is 0 Å². The zero-order chi connectivity index (χ0) is 17.6. The second-order valence-electron chi connectivity index (χ2n) is 7.78. The van der Waals surface area contributed by atoms with Crippen molar-refractivity contribution in [1.29, 1.82) is 0 Å². The minimum Gasteiger partial charge on any atom is -0.354 e. The summed E-state index contributed by atoms with van der Waals surface area (Å²) in [5.41, 5.74) is 1.41. The molecule has 2 aliphatic rings. The Morgan fingerprint density at radius 3 is 2.68 bits per heavy atom. The molecule has 25 heavy (non-hydrogen) atoms. The Morgan fingerprint density at radius 1 is 1.20 bits per heavy atom. The smallest absolute Gasteiger partial charge is 0.191 e. The second-order valence-corrected chi connectivity index (χ2v) is 7.78. The number of hydrogen-bond acceptors (Lipinski definition) is 2. The molecular formula is C21H34N4. The van der Waals surface area contributed by atoms with Gasteiger partial charge in [0.05, 0.1) is 0 Å². The predicted molar refractivity (Wildman–Crippen MR) is 106 cm³/mol. The van der Waals surface area contributed by atoms with Crippen LogP contribution in [0.5, 0.6) is 0 Å². The Balaban J connectivity index is 1.44. The SMILES string of the molecule is CCCC1CC1NC(=NC)NC1CCN(Cc2ccccc2)C(C)C1. The highest BCUT2D eigenvalue weighted by Gasteiger charge is 2.37. The average molecular weight is 343 g/mol. The van der Waals surface area contributed by atoms with Crippen LogP contribution in [0.2, 0.25) is 0 Å². The number of rotatable bonds is 6. The van der Waals surface area contributed by atoms with Gasteiger partial charge < -0.3 is 10.6 Å². The Bertz CT molecular complexity index is 556. The van der Waals surface area contributed by atoms with Crippen LogP contribution in [0.3, 0.4) is 0 Å². The third kappa shape index (κ3) is 5.21. The molecular weight excluding hydrogens is 308 g/mol. The molecule has 2 fully saturated rings. The lowest BCUT2D eigenvalue weighted by atomic mass is 9.97. The van der Waals surface area contributed by atoms with Gasteiger partial charge in [-0.15, -0.1) is 0 Å². The lowest BCUT2D eigenvalue weighted by Gasteiger charge is -2.38. The van der Waals surface area contributed by atoms with Gasteiger partial charge in [0.15, 0.2) is 5.96 Å². The Kier molecular flexibility index (Phi) is 6.35. The molecule has 4 nitrogen and oxygen atoms in total. The average Bonchev–Trinajstić information content (AvgIpc) is 3.35. The van der Waals surface area contributed by atoms with Crippen LogP contribution in [0.4, 0.5) is 0 Å². The topological polar surface area (TPSA) is 39.7 Å². The maximum atomic E-state index is 4.45. The lowest BCUT2D eigenvalue weighted by Crippen LogP contribution is -2.51. The largest absolute Gasteiger partial charge is 0.354 e. The van der Waals surface area contributed by atoms with Crippen molar-refractivity contribution >= 4 is 5.96 Å². The number of piperidine rings is 1. The van der Waals surface area contributed by atoms with E-state index in [-0.39, 0.29) is 0 Å². The molecule has 1 aromatic carbocycles. The molecule has 138 valence electrons. The summed E-state index contributed by atoms with van der Waals surface area (Å²) in [6.45, 7) is 6.83. The van der Waals surface area contributed by atoms with Crippen molar-refractivity contribution in [3.05, 3.63) is 35.9 Å². The zero-order valence-corrected chi connectivity index (χ0v) is 16.0. The molecule has 4 heteroatoms. The predicted octanol–water partition coefficient (Wildman–Crippen LogP) is 3.39. The van der Waals surface area contributed by atoms with Gasteiger partial charge in [0.25, 0.3) is 0 Å². The Hall–Kier alpha value is -1.55. The Morgan fingerprint density at radius 2 is 2.00 bits per heavy atom. The summed E-state index contributed by atoms with van der Waals surface area (Å²) in [6.07, 6.45) is 6.29. The van der Waals surface area contributed by atoms with E-state index in [0.717, 1.165) is 25.0 Å². The second kappa shape index (κ2) is 8.70. The molecule has 1 saturated heterocycles. The van der Waals surface area contributed by atoms with E-state index in [2.05, 4.69) is 64.7 Å². The molecule has 0 aromatic heterocycles. The molecule has 3 rings (SSSR count). The number of aliphatic imine (C=N–C) groups is 1. The summed E-state index contributed by atoms with van der Waals surface area (Å²) in [5.74, 6) is 1.85. The minimum atomic E-state index is 0.525. The molecule has 4 unspecified atom stereocenters. The highest BCUT2D eigenvalue weighted by molar-refractivity contribution is 5.80. The highest BCUT2D eigenvalue weighted by atomic mass is 15.2. The van der Waals surface area contributed by atoms with Crippen LogP contribution < -0.4 is 10.6 Å². The van der Waals surface area contributed by atoms with Crippen molar-refractivity contribution in [2.24, 2.45) is 10.9 Å². The van der Waals surface area contributed by atoms with Crippen LogP contribution in [0.1, 0.15) is 51.5 Å². The molecule has 0 spiro atoms. The fourth-order valence-electron chi connectivity index (χ4n) is 4.06. The summed E-state index contributed by atoms with van der Waals surface area (Å²) in [6, 6.07) is 12.6. The van der Waals surface area contributed by atoms with Gasteiger partial charge in [-0.05, 0) is 44.1 Å². The highest BCUT2D eigenvalue weighted by Crippen LogP contribution is 2.34. The molecule has 1 aliphatic heterocycles. The van der Waals surface area contributed by atoms with Crippen LogP contribution >= 0.6 is 0 Å². The molecule has 1 aromatic rings. The van der Waals surface area contributed by atoms with Crippen molar-refractivity contribution < 1.29 is 0 Å². The monoisotopic (exact) mass is 342 g/mol. The normalized spacial score (nSPS) is 30.1. The maximum Gasteiger partial charge on any atom is 0.191 e. The van der Waals surface area contributed by atoms with E-state index in [1.807, 2.05) is 7.05 Å². The van der Waals surface area contributed by atoms with E-state index in [4.69, 9.17) is 0 Å². The number of benzene rings is 1. The van der Waals surface area contributed by atoms with Crippen LogP contribution in [0, 0.1) is 5.92 Å². The summed E-state index contributed by atoms with van der Waals surface area (Å²) < 4.78 is 0. The number of likely N-dealkylation sites (tertiary alicyclic amines) is 1. The third-order valence-corrected chi connectivity index (χ3v) is 5.71. The quantitative estimate of drug-likeness (QED) is 0.615. The fourth-order valence-corrected chi connectivity index (χ4v) is 4.06. The zero-order valence-electron chi connectivity index (χ0n) is 16.0. The van der Waals surface area contributed by atoms with Crippen molar-refractivity contribution in [1.82, 2.24) is 15.5 Å². The summed E-state index contributed by atoms with van der Waals surface area (Å²) in [4.78, 5) is 7.05. The van der Waals surface area contributed by atoms with E-state index in [0.29, 0.717) is 18.1 Å². The van der Waals surface area contributed by atoms with Crippen molar-refractivity contribution in [2.45, 2.75) is 70.6 Å². The van der Waals surface area contributed by atoms with Crippen LogP contribution in [-0.2, 0) is 6.54 Å². The molecule has 0 bridgehead atoms. The van der Waals surface area contributed by atoms with Gasteiger partial charge in [0.1, 0.15) is 0 Å². The van der Waals surface area contributed by atoms with E-state index in [1.165, 1.54) is 37.7 Å². The minimum absolute atomic E-state index is 0.525. The van der Waals surface area contributed by atoms with Crippen molar-refractivity contribution in [2.75, 3.05) is 13.6 Å². The molecule has 0 radical (unpaired) electrons. The van der Waals surface area contributed by atoms with Gasteiger partial charge in [-0.25, -0.2) is 0 Å². The molecule has 1 aliphatic carbocycles. The first kappa shape index (κ1) is 18.2. The van der Waals surface area contributed by atoms with Crippen molar-refractivity contribution in [3.63, 3.8) is 0 Å². The van der Waals surface area contributed by atoms with E-state index in [1.54, 1.807) is 0 Å². The lowest BCUT2D eigenvalue weighted by molar-refractivity contribution is 0.134. The van der Waals surface area contributed by atoms with E-state index >= 15 is 0 Å². The first-order valence-corrected chi connectivity index (χ1v) is 9.97. The van der Waals surface area contributed by atoms with Crippen molar-refractivity contribution in [3.8, 4) is 0 Å². The van der Waals surface area contributed by atoms with Gasteiger partial charge in [-0.2, -0.15) is 0 Å². The van der Waals surface area contributed by atoms with Crippen LogP contribution in [0.15, 0.2) is 35.3 Å². The van der Waals surface area contributed by atoms with Gasteiger partial charge in [0, 0.05) is 38.3 Å². The first-order chi connectivity index (χ1) is 12.2. The Labute approximate surface area is 153 Å². The summed E-state index contributed by atoms with van der Waals surface area (Å²) in [5, 5.41) is 7.28. The fraction of sp³-hybridized carbons (Fsp3) is 0.667. The van der Waals surface area contributed by atoms with Gasteiger partial charge in [-0.1, -0.05) is 43.7 Å². The maximum absolute atomic E-state index is 4.45. The standard InChI is InChI=1S/C21H34N4/c1-4-8-18-14-20(18)24-21(22-3)23-19-11-12-25(16(2)13-19)15-17-9-6-5-7-10-17/h5-7,9-10,16,18-20H,4,8,11-15H2,1-3H3,(H2,22,23,24). The van der Waals surface area contributed by atoms with E-state index < -0.39 is 0 Å². The van der Waals surface area contributed by atoms with Gasteiger partial charge in [0.2, 0.25) is 0 Å². The third-order valence-electron chi connectivity index (χ3n) is 5.71. The van der Waals surface area contributed by atoms with E-state index in [9.17, 15) is 0 Å². The number of guanidine groups is 1. The summed E-state index contributed by atoms with van der Waals surface area (Å²) in [7, 11) is 1.89. The number of nitrogens with zero attached hydrogens (tertiary/aromatic N) is 2. The first-order valence-electron chi connectivity index (χ1n) is 9.97. The molecule has 4 atom stereocenters. The molecule has 0 amide bonds. The van der Waals surface area contributed by atoms with Gasteiger partial charge >= 0.3 is 0 Å². The molecule has 2 N–H and O–H groups in total. The number of nitrogens with one attached hydrogen (secondary N) is 2. The molecule has 1 saturated carbocycles. The van der Waals surface area contributed by atoms with Crippen LogP contribution in [-0.4, -0.2) is 42.6 Å². The summed E-state index contributed by atoms with van der Waals surface area (Å²) >= 11 is 0. The number of hydrogen-bond donors (Lipinski definition) is 2. The van der Waals surface area contributed by atoms with Gasteiger partial charge in [-0.3, -0.25) is 9.89 Å². The molecule has 1 heterocycles.